The number of imidazole rings is 1. The summed E-state index contributed by atoms with van der Waals surface area (Å²) in [6, 6.07) is 0. The first-order valence-electron chi connectivity index (χ1n) is 7.35. The summed E-state index contributed by atoms with van der Waals surface area (Å²) in [4.78, 5) is 21.2. The third kappa shape index (κ3) is 2.76. The first-order valence-corrected chi connectivity index (χ1v) is 8.14. The number of halogens is 1. The lowest BCUT2D eigenvalue weighted by Crippen LogP contribution is -2.38. The van der Waals surface area contributed by atoms with Gasteiger partial charge in [0.1, 0.15) is 0 Å². The molecular weight excluding hydrogens is 320 g/mol. The number of hydrogen-bond donors (Lipinski definition) is 0. The van der Waals surface area contributed by atoms with E-state index < -0.39 is 0 Å². The second-order valence-electron chi connectivity index (χ2n) is 5.70. The van der Waals surface area contributed by atoms with Gasteiger partial charge in [0.15, 0.2) is 4.73 Å². The molecule has 0 aliphatic carbocycles. The molecule has 2 aliphatic heterocycles. The van der Waals surface area contributed by atoms with Crippen molar-refractivity contribution in [1.29, 1.82) is 0 Å². The average molecular weight is 341 g/mol. The molecule has 1 aromatic rings. The maximum absolute atomic E-state index is 12.3. The molecule has 5 nitrogen and oxygen atoms in total. The molecule has 3 rings (SSSR count). The lowest BCUT2D eigenvalue weighted by Gasteiger charge is -2.28. The van der Waals surface area contributed by atoms with Crippen molar-refractivity contribution in [3.05, 3.63) is 16.1 Å². The summed E-state index contributed by atoms with van der Waals surface area (Å²) in [5.41, 5.74) is 2.29. The molecule has 3 heterocycles. The molecule has 1 amide bonds. The molecule has 0 aromatic carbocycles. The van der Waals surface area contributed by atoms with Crippen molar-refractivity contribution < 1.29 is 4.79 Å². The summed E-state index contributed by atoms with van der Waals surface area (Å²) in [6.07, 6.45) is 4.08. The Morgan fingerprint density at radius 1 is 1.30 bits per heavy atom. The number of carbonyl (C=O) groups excluding carboxylic acids is 1. The van der Waals surface area contributed by atoms with Gasteiger partial charge in [-0.3, -0.25) is 4.79 Å². The van der Waals surface area contributed by atoms with Crippen LogP contribution >= 0.6 is 15.9 Å². The lowest BCUT2D eigenvalue weighted by atomic mass is 10.1. The molecule has 0 N–H and O–H groups in total. The summed E-state index contributed by atoms with van der Waals surface area (Å²) in [5.74, 6) is 0.278. The van der Waals surface area contributed by atoms with Crippen LogP contribution in [0.3, 0.4) is 0 Å². The molecule has 1 saturated heterocycles. The van der Waals surface area contributed by atoms with Gasteiger partial charge in [0, 0.05) is 33.0 Å². The van der Waals surface area contributed by atoms with Crippen molar-refractivity contribution in [2.24, 2.45) is 7.05 Å². The van der Waals surface area contributed by atoms with E-state index in [0.717, 1.165) is 48.7 Å². The van der Waals surface area contributed by atoms with Crippen LogP contribution < -0.4 is 0 Å². The molecular formula is C14H21BrN4O. The highest BCUT2D eigenvalue weighted by Gasteiger charge is 2.25. The zero-order valence-electron chi connectivity index (χ0n) is 11.9. The zero-order chi connectivity index (χ0) is 14.1. The number of likely N-dealkylation sites (tertiary alicyclic amines) is 1. The monoisotopic (exact) mass is 340 g/mol. The normalized spacial score (nSPS) is 19.4. The van der Waals surface area contributed by atoms with Crippen molar-refractivity contribution in [2.75, 3.05) is 26.2 Å². The second kappa shape index (κ2) is 5.85. The fraction of sp³-hybridized carbons (Fsp3) is 0.714. The Hall–Kier alpha value is -0.880. The molecule has 1 fully saturated rings. The first kappa shape index (κ1) is 14.1. The van der Waals surface area contributed by atoms with E-state index in [9.17, 15) is 4.79 Å². The number of hydrogen-bond acceptors (Lipinski definition) is 3. The molecule has 20 heavy (non-hydrogen) atoms. The van der Waals surface area contributed by atoms with E-state index in [1.807, 2.05) is 16.5 Å². The number of aromatic nitrogens is 2. The summed E-state index contributed by atoms with van der Waals surface area (Å²) >= 11 is 3.45. The molecule has 2 aliphatic rings. The molecule has 6 heteroatoms. The molecule has 110 valence electrons. The van der Waals surface area contributed by atoms with E-state index >= 15 is 0 Å². The third-order valence-corrected chi connectivity index (χ3v) is 5.10. The highest BCUT2D eigenvalue weighted by molar-refractivity contribution is 9.10. The van der Waals surface area contributed by atoms with E-state index in [1.54, 1.807) is 0 Å². The van der Waals surface area contributed by atoms with Gasteiger partial charge in [-0.15, -0.1) is 0 Å². The SMILES string of the molecule is Cn1c(Br)nc2c1CN(C(=O)CCN1CCCC1)CC2. The minimum absolute atomic E-state index is 0.278. The Morgan fingerprint density at radius 2 is 2.05 bits per heavy atom. The minimum Gasteiger partial charge on any atom is -0.336 e. The molecule has 0 radical (unpaired) electrons. The van der Waals surface area contributed by atoms with Gasteiger partial charge >= 0.3 is 0 Å². The van der Waals surface area contributed by atoms with Gasteiger partial charge < -0.3 is 14.4 Å². The van der Waals surface area contributed by atoms with Crippen molar-refractivity contribution in [3.63, 3.8) is 0 Å². The van der Waals surface area contributed by atoms with E-state index in [1.165, 1.54) is 12.8 Å². The van der Waals surface area contributed by atoms with Crippen molar-refractivity contribution in [2.45, 2.75) is 32.2 Å². The summed E-state index contributed by atoms with van der Waals surface area (Å²) in [5, 5.41) is 0. The van der Waals surface area contributed by atoms with Crippen LogP contribution in [0.2, 0.25) is 0 Å². The number of amides is 1. The van der Waals surface area contributed by atoms with Crippen molar-refractivity contribution in [3.8, 4) is 0 Å². The van der Waals surface area contributed by atoms with Crippen LogP contribution in [0, 0.1) is 0 Å². The number of nitrogens with zero attached hydrogens (tertiary/aromatic N) is 4. The Balaban J connectivity index is 1.58. The highest BCUT2D eigenvalue weighted by atomic mass is 79.9. The van der Waals surface area contributed by atoms with Gasteiger partial charge in [0.05, 0.1) is 17.9 Å². The molecule has 0 bridgehead atoms. The quantitative estimate of drug-likeness (QED) is 0.838. The molecule has 0 saturated carbocycles. The predicted molar refractivity (Wildman–Crippen MR) is 80.3 cm³/mol. The van der Waals surface area contributed by atoms with Crippen LogP contribution in [0.4, 0.5) is 0 Å². The highest BCUT2D eigenvalue weighted by Crippen LogP contribution is 2.22. The average Bonchev–Trinajstić information content (AvgIpc) is 3.06. The van der Waals surface area contributed by atoms with Crippen LogP contribution in [-0.2, 0) is 24.8 Å². The van der Waals surface area contributed by atoms with Gasteiger partial charge in [-0.25, -0.2) is 4.98 Å². The summed E-state index contributed by atoms with van der Waals surface area (Å²) in [6.45, 7) is 4.73. The number of rotatable bonds is 3. The molecule has 0 unspecified atom stereocenters. The number of fused-ring (bicyclic) bond motifs is 1. The summed E-state index contributed by atoms with van der Waals surface area (Å²) in [7, 11) is 1.99. The van der Waals surface area contributed by atoms with Gasteiger partial charge in [-0.1, -0.05) is 0 Å². The second-order valence-corrected chi connectivity index (χ2v) is 6.41. The molecule has 1 aromatic heterocycles. The summed E-state index contributed by atoms with van der Waals surface area (Å²) < 4.78 is 2.89. The standard InChI is InChI=1S/C14H21BrN4O/c1-17-12-10-19(9-4-11(12)16-14(17)15)13(20)5-8-18-6-2-3-7-18/h2-10H2,1H3. The fourth-order valence-electron chi connectivity index (χ4n) is 3.09. The number of carbonyl (C=O) groups is 1. The van der Waals surface area contributed by atoms with Crippen LogP contribution in [0.5, 0.6) is 0 Å². The Kier molecular flexibility index (Phi) is 4.12. The van der Waals surface area contributed by atoms with Crippen molar-refractivity contribution in [1.82, 2.24) is 19.4 Å². The fourth-order valence-corrected chi connectivity index (χ4v) is 3.51. The van der Waals surface area contributed by atoms with Crippen molar-refractivity contribution >= 4 is 21.8 Å². The van der Waals surface area contributed by atoms with Crippen LogP contribution in [0.15, 0.2) is 4.73 Å². The van der Waals surface area contributed by atoms with Gasteiger partial charge in [-0.05, 0) is 41.9 Å². The lowest BCUT2D eigenvalue weighted by molar-refractivity contribution is -0.132. The maximum Gasteiger partial charge on any atom is 0.224 e. The van der Waals surface area contributed by atoms with Crippen LogP contribution in [0.25, 0.3) is 0 Å². The van der Waals surface area contributed by atoms with Crippen LogP contribution in [0.1, 0.15) is 30.7 Å². The zero-order valence-corrected chi connectivity index (χ0v) is 13.5. The smallest absolute Gasteiger partial charge is 0.224 e. The first-order chi connectivity index (χ1) is 9.65. The van der Waals surface area contributed by atoms with E-state index in [2.05, 4.69) is 25.8 Å². The van der Waals surface area contributed by atoms with Gasteiger partial charge in [0.25, 0.3) is 0 Å². The Morgan fingerprint density at radius 3 is 2.80 bits per heavy atom. The predicted octanol–water partition coefficient (Wildman–Crippen LogP) is 1.55. The minimum atomic E-state index is 0.278. The largest absolute Gasteiger partial charge is 0.336 e. The maximum atomic E-state index is 12.3. The topological polar surface area (TPSA) is 41.4 Å². The van der Waals surface area contributed by atoms with Gasteiger partial charge in [0.2, 0.25) is 5.91 Å². The van der Waals surface area contributed by atoms with E-state index in [4.69, 9.17) is 0 Å². The Labute approximate surface area is 128 Å². The van der Waals surface area contributed by atoms with E-state index in [-0.39, 0.29) is 5.91 Å². The van der Waals surface area contributed by atoms with E-state index in [0.29, 0.717) is 13.0 Å². The van der Waals surface area contributed by atoms with Crippen LogP contribution in [-0.4, -0.2) is 51.4 Å². The molecule has 0 spiro atoms. The Bertz CT molecular complexity index is 508. The molecule has 0 atom stereocenters. The van der Waals surface area contributed by atoms with Gasteiger partial charge in [-0.2, -0.15) is 0 Å². The third-order valence-electron chi connectivity index (χ3n) is 4.39.